The normalized spacial score (nSPS) is 14.4. The maximum absolute atomic E-state index is 10.2. The molecule has 1 N–H and O–H groups in total. The monoisotopic (exact) mass is 170 g/mol. The average molecular weight is 170 g/mol. The SMILES string of the molecule is CC(C=O)=CCC[C@H](C)CCO. The highest BCUT2D eigenvalue weighted by Gasteiger charge is 1.98. The van der Waals surface area contributed by atoms with Crippen molar-refractivity contribution in [3.63, 3.8) is 0 Å². The first-order chi connectivity index (χ1) is 5.70. The summed E-state index contributed by atoms with van der Waals surface area (Å²) in [5.41, 5.74) is 0.797. The van der Waals surface area contributed by atoms with E-state index in [9.17, 15) is 4.79 Å². The maximum atomic E-state index is 10.2. The predicted octanol–water partition coefficient (Wildman–Crippen LogP) is 1.93. The van der Waals surface area contributed by atoms with Crippen LogP contribution in [0.3, 0.4) is 0 Å². The number of carbonyl (C=O) groups excluding carboxylic acids is 1. The molecule has 0 fully saturated rings. The number of aldehydes is 1. The Morgan fingerprint density at radius 1 is 1.50 bits per heavy atom. The number of aliphatic hydroxyl groups is 1. The molecule has 0 aromatic heterocycles. The van der Waals surface area contributed by atoms with Crippen LogP contribution in [0.25, 0.3) is 0 Å². The summed E-state index contributed by atoms with van der Waals surface area (Å²) >= 11 is 0. The second-order valence-corrected chi connectivity index (χ2v) is 3.26. The Hall–Kier alpha value is -0.630. The quantitative estimate of drug-likeness (QED) is 0.488. The topological polar surface area (TPSA) is 37.3 Å². The Bertz CT molecular complexity index is 150. The lowest BCUT2D eigenvalue weighted by Crippen LogP contribution is -1.97. The lowest BCUT2D eigenvalue weighted by molar-refractivity contribution is -0.104. The van der Waals surface area contributed by atoms with Gasteiger partial charge in [0.15, 0.2) is 0 Å². The van der Waals surface area contributed by atoms with E-state index < -0.39 is 0 Å². The minimum Gasteiger partial charge on any atom is -0.396 e. The zero-order chi connectivity index (χ0) is 9.40. The van der Waals surface area contributed by atoms with Gasteiger partial charge in [-0.3, -0.25) is 4.79 Å². The maximum Gasteiger partial charge on any atom is 0.145 e. The molecule has 0 bridgehead atoms. The summed E-state index contributed by atoms with van der Waals surface area (Å²) in [6.07, 6.45) is 5.66. The molecule has 0 aliphatic carbocycles. The van der Waals surface area contributed by atoms with Crippen LogP contribution in [0.15, 0.2) is 11.6 Å². The lowest BCUT2D eigenvalue weighted by Gasteiger charge is -2.06. The first kappa shape index (κ1) is 11.4. The molecule has 0 rings (SSSR count). The van der Waals surface area contributed by atoms with E-state index in [4.69, 9.17) is 5.11 Å². The molecule has 0 heterocycles. The van der Waals surface area contributed by atoms with E-state index >= 15 is 0 Å². The second kappa shape index (κ2) is 7.04. The highest BCUT2D eigenvalue weighted by Crippen LogP contribution is 2.10. The highest BCUT2D eigenvalue weighted by atomic mass is 16.3. The summed E-state index contributed by atoms with van der Waals surface area (Å²) in [4.78, 5) is 10.2. The third-order valence-corrected chi connectivity index (χ3v) is 1.93. The van der Waals surface area contributed by atoms with E-state index in [1.165, 1.54) is 0 Å². The highest BCUT2D eigenvalue weighted by molar-refractivity contribution is 5.71. The zero-order valence-electron chi connectivity index (χ0n) is 7.92. The number of carbonyl (C=O) groups is 1. The third-order valence-electron chi connectivity index (χ3n) is 1.93. The number of allylic oxidation sites excluding steroid dienone is 2. The minimum atomic E-state index is 0.261. The van der Waals surface area contributed by atoms with Crippen LogP contribution in [0.4, 0.5) is 0 Å². The molecule has 0 aliphatic heterocycles. The van der Waals surface area contributed by atoms with Crippen LogP contribution in [0.2, 0.25) is 0 Å². The van der Waals surface area contributed by atoms with Gasteiger partial charge in [0.1, 0.15) is 6.29 Å². The Morgan fingerprint density at radius 2 is 2.17 bits per heavy atom. The van der Waals surface area contributed by atoms with Crippen molar-refractivity contribution < 1.29 is 9.90 Å². The summed E-state index contributed by atoms with van der Waals surface area (Å²) in [6.45, 7) is 4.18. The van der Waals surface area contributed by atoms with Crippen LogP contribution in [0, 0.1) is 5.92 Å². The van der Waals surface area contributed by atoms with Gasteiger partial charge in [-0.2, -0.15) is 0 Å². The van der Waals surface area contributed by atoms with Crippen molar-refractivity contribution in [2.75, 3.05) is 6.61 Å². The van der Waals surface area contributed by atoms with Gasteiger partial charge in [0.05, 0.1) is 0 Å². The van der Waals surface area contributed by atoms with E-state index in [-0.39, 0.29) is 6.61 Å². The summed E-state index contributed by atoms with van der Waals surface area (Å²) < 4.78 is 0. The molecule has 0 aromatic carbocycles. The van der Waals surface area contributed by atoms with E-state index in [1.54, 1.807) is 0 Å². The van der Waals surface area contributed by atoms with Gasteiger partial charge in [-0.25, -0.2) is 0 Å². The van der Waals surface area contributed by atoms with Gasteiger partial charge >= 0.3 is 0 Å². The minimum absolute atomic E-state index is 0.261. The fourth-order valence-corrected chi connectivity index (χ4v) is 1.01. The van der Waals surface area contributed by atoms with Gasteiger partial charge < -0.3 is 5.11 Å². The third kappa shape index (κ3) is 6.10. The van der Waals surface area contributed by atoms with Gasteiger partial charge in [0.25, 0.3) is 0 Å². The molecule has 12 heavy (non-hydrogen) atoms. The molecule has 2 nitrogen and oxygen atoms in total. The molecule has 0 aliphatic rings. The van der Waals surface area contributed by atoms with Crippen molar-refractivity contribution in [1.82, 2.24) is 0 Å². The van der Waals surface area contributed by atoms with Crippen LogP contribution >= 0.6 is 0 Å². The number of hydrogen-bond acceptors (Lipinski definition) is 2. The summed E-state index contributed by atoms with van der Waals surface area (Å²) in [5, 5.41) is 8.62. The molecule has 0 radical (unpaired) electrons. The van der Waals surface area contributed by atoms with Crippen molar-refractivity contribution >= 4 is 6.29 Å². The summed E-state index contributed by atoms with van der Waals surface area (Å²) in [5.74, 6) is 0.547. The number of hydrogen-bond donors (Lipinski definition) is 1. The van der Waals surface area contributed by atoms with Crippen LogP contribution in [0.1, 0.15) is 33.1 Å². The molecular weight excluding hydrogens is 152 g/mol. The van der Waals surface area contributed by atoms with E-state index in [0.29, 0.717) is 5.92 Å². The zero-order valence-corrected chi connectivity index (χ0v) is 7.92. The molecule has 2 heteroatoms. The number of rotatable bonds is 6. The molecular formula is C10H18O2. The Labute approximate surface area is 74.3 Å². The van der Waals surface area contributed by atoms with E-state index in [2.05, 4.69) is 6.92 Å². The van der Waals surface area contributed by atoms with Crippen molar-refractivity contribution in [2.24, 2.45) is 5.92 Å². The first-order valence-electron chi connectivity index (χ1n) is 4.43. The summed E-state index contributed by atoms with van der Waals surface area (Å²) in [7, 11) is 0. The molecule has 70 valence electrons. The van der Waals surface area contributed by atoms with Gasteiger partial charge in [0, 0.05) is 6.61 Å². The van der Waals surface area contributed by atoms with E-state index in [1.807, 2.05) is 13.0 Å². The predicted molar refractivity (Wildman–Crippen MR) is 49.9 cm³/mol. The van der Waals surface area contributed by atoms with Crippen LogP contribution in [0.5, 0.6) is 0 Å². The summed E-state index contributed by atoms with van der Waals surface area (Å²) in [6, 6.07) is 0. The van der Waals surface area contributed by atoms with Gasteiger partial charge in [-0.15, -0.1) is 0 Å². The second-order valence-electron chi connectivity index (χ2n) is 3.26. The molecule has 0 aromatic rings. The molecule has 0 spiro atoms. The van der Waals surface area contributed by atoms with Crippen molar-refractivity contribution in [1.29, 1.82) is 0 Å². The van der Waals surface area contributed by atoms with Crippen LogP contribution < -0.4 is 0 Å². The van der Waals surface area contributed by atoms with Gasteiger partial charge in [-0.05, 0) is 37.7 Å². The molecule has 0 amide bonds. The Kier molecular flexibility index (Phi) is 6.67. The standard InChI is InChI=1S/C10H18O2/c1-9(6-7-11)4-3-5-10(2)8-12/h5,8-9,11H,3-4,6-7H2,1-2H3/t9-/m0/s1. The molecule has 0 saturated heterocycles. The number of aliphatic hydroxyl groups excluding tert-OH is 1. The molecule has 0 saturated carbocycles. The Morgan fingerprint density at radius 3 is 2.67 bits per heavy atom. The van der Waals surface area contributed by atoms with E-state index in [0.717, 1.165) is 31.1 Å². The first-order valence-corrected chi connectivity index (χ1v) is 4.43. The van der Waals surface area contributed by atoms with Crippen LogP contribution in [-0.4, -0.2) is 18.0 Å². The average Bonchev–Trinajstić information content (AvgIpc) is 2.04. The van der Waals surface area contributed by atoms with Crippen LogP contribution in [-0.2, 0) is 4.79 Å². The van der Waals surface area contributed by atoms with Crippen molar-refractivity contribution in [3.8, 4) is 0 Å². The van der Waals surface area contributed by atoms with Gasteiger partial charge in [-0.1, -0.05) is 13.0 Å². The fraction of sp³-hybridized carbons (Fsp3) is 0.700. The van der Waals surface area contributed by atoms with Crippen molar-refractivity contribution in [3.05, 3.63) is 11.6 Å². The smallest absolute Gasteiger partial charge is 0.145 e. The Balaban J connectivity index is 3.48. The largest absolute Gasteiger partial charge is 0.396 e. The molecule has 0 unspecified atom stereocenters. The van der Waals surface area contributed by atoms with Gasteiger partial charge in [0.2, 0.25) is 0 Å². The lowest BCUT2D eigenvalue weighted by atomic mass is 10.0. The fourth-order valence-electron chi connectivity index (χ4n) is 1.01. The van der Waals surface area contributed by atoms with Crippen molar-refractivity contribution in [2.45, 2.75) is 33.1 Å². The molecule has 1 atom stereocenters.